The van der Waals surface area contributed by atoms with Crippen LogP contribution in [0.3, 0.4) is 0 Å². The highest BCUT2D eigenvalue weighted by Crippen LogP contribution is 2.16. The molecule has 3 rings (SSSR count). The van der Waals surface area contributed by atoms with Gasteiger partial charge in [0.25, 0.3) is 5.91 Å². The molecule has 0 radical (unpaired) electrons. The number of hydrogen-bond donors (Lipinski definition) is 1. The number of amides is 2. The number of benzene rings is 2. The van der Waals surface area contributed by atoms with Crippen molar-refractivity contribution >= 4 is 23.5 Å². The van der Waals surface area contributed by atoms with Gasteiger partial charge in [0.15, 0.2) is 0 Å². The average molecular weight is 378 g/mol. The Morgan fingerprint density at radius 1 is 0.964 bits per heavy atom. The minimum absolute atomic E-state index is 0.0714. The Morgan fingerprint density at radius 3 is 2.29 bits per heavy atom. The summed E-state index contributed by atoms with van der Waals surface area (Å²) in [6.07, 6.45) is 0.923. The van der Waals surface area contributed by atoms with Crippen LogP contribution in [0.15, 0.2) is 59.6 Å². The molecular weight excluding hydrogens is 352 g/mol. The van der Waals surface area contributed by atoms with Crippen molar-refractivity contribution in [3.05, 3.63) is 65.7 Å². The summed E-state index contributed by atoms with van der Waals surface area (Å²) in [6, 6.07) is 17.1. The van der Waals surface area contributed by atoms with Gasteiger partial charge < -0.3 is 9.80 Å². The number of rotatable bonds is 3. The van der Waals surface area contributed by atoms with Crippen LogP contribution in [0.1, 0.15) is 29.8 Å². The first kappa shape index (κ1) is 19.6. The maximum atomic E-state index is 12.7. The molecule has 1 N–H and O–H groups in total. The monoisotopic (exact) mass is 378 g/mol. The smallest absolute Gasteiger partial charge is 0.257 e. The maximum absolute atomic E-state index is 12.7. The SMILES string of the molecule is CCc1cccc(N=C(NC(=O)c2ccccc2)N2CCN(C(C)=O)CC2)c1. The van der Waals surface area contributed by atoms with Crippen molar-refractivity contribution < 1.29 is 9.59 Å². The average Bonchev–Trinajstić information content (AvgIpc) is 2.74. The second kappa shape index (κ2) is 9.17. The summed E-state index contributed by atoms with van der Waals surface area (Å²) in [7, 11) is 0. The predicted octanol–water partition coefficient (Wildman–Crippen LogP) is 2.83. The van der Waals surface area contributed by atoms with Gasteiger partial charge in [-0.25, -0.2) is 4.99 Å². The number of aliphatic imine (C=N–C) groups is 1. The standard InChI is InChI=1S/C22H26N4O2/c1-3-18-8-7-11-20(16-18)23-22(24-21(28)19-9-5-4-6-10-19)26-14-12-25(13-15-26)17(2)27/h4-11,16H,3,12-15H2,1-2H3,(H,23,24,28). The zero-order valence-corrected chi connectivity index (χ0v) is 16.4. The van der Waals surface area contributed by atoms with Crippen LogP contribution in [0.4, 0.5) is 5.69 Å². The lowest BCUT2D eigenvalue weighted by Crippen LogP contribution is -2.54. The van der Waals surface area contributed by atoms with Gasteiger partial charge in [-0.1, -0.05) is 37.3 Å². The number of nitrogens with zero attached hydrogens (tertiary/aromatic N) is 3. The topological polar surface area (TPSA) is 65.0 Å². The first-order valence-corrected chi connectivity index (χ1v) is 9.61. The van der Waals surface area contributed by atoms with Gasteiger partial charge in [-0.3, -0.25) is 14.9 Å². The molecule has 2 aromatic rings. The molecule has 0 bridgehead atoms. The summed E-state index contributed by atoms with van der Waals surface area (Å²) < 4.78 is 0. The van der Waals surface area contributed by atoms with Crippen LogP contribution in [-0.4, -0.2) is 53.8 Å². The summed E-state index contributed by atoms with van der Waals surface area (Å²) in [5.41, 5.74) is 2.58. The van der Waals surface area contributed by atoms with Gasteiger partial charge in [0.1, 0.15) is 0 Å². The Kier molecular flexibility index (Phi) is 6.42. The number of nitrogens with one attached hydrogen (secondary N) is 1. The minimum atomic E-state index is -0.194. The van der Waals surface area contributed by atoms with Crippen molar-refractivity contribution in [2.45, 2.75) is 20.3 Å². The number of piperazine rings is 1. The molecule has 28 heavy (non-hydrogen) atoms. The van der Waals surface area contributed by atoms with E-state index in [1.807, 2.05) is 46.2 Å². The van der Waals surface area contributed by atoms with E-state index in [2.05, 4.69) is 18.3 Å². The van der Waals surface area contributed by atoms with Crippen LogP contribution in [0, 0.1) is 0 Å². The summed E-state index contributed by atoms with van der Waals surface area (Å²) >= 11 is 0. The second-order valence-corrected chi connectivity index (χ2v) is 6.77. The number of aryl methyl sites for hydroxylation is 1. The number of carbonyl (C=O) groups is 2. The highest BCUT2D eigenvalue weighted by molar-refractivity contribution is 6.06. The molecule has 0 saturated carbocycles. The molecule has 1 heterocycles. The van der Waals surface area contributed by atoms with Gasteiger partial charge >= 0.3 is 0 Å². The van der Waals surface area contributed by atoms with Crippen molar-refractivity contribution in [2.24, 2.45) is 4.99 Å². The maximum Gasteiger partial charge on any atom is 0.257 e. The normalized spacial score (nSPS) is 14.7. The van der Waals surface area contributed by atoms with Crippen molar-refractivity contribution in [2.75, 3.05) is 26.2 Å². The van der Waals surface area contributed by atoms with E-state index in [4.69, 9.17) is 4.99 Å². The molecule has 1 fully saturated rings. The van der Waals surface area contributed by atoms with E-state index in [-0.39, 0.29) is 11.8 Å². The van der Waals surface area contributed by atoms with E-state index >= 15 is 0 Å². The highest BCUT2D eigenvalue weighted by Gasteiger charge is 2.23. The summed E-state index contributed by atoms with van der Waals surface area (Å²) in [5.74, 6) is 0.396. The van der Waals surface area contributed by atoms with E-state index in [1.165, 1.54) is 5.56 Å². The zero-order chi connectivity index (χ0) is 19.9. The van der Waals surface area contributed by atoms with Crippen molar-refractivity contribution in [3.8, 4) is 0 Å². The van der Waals surface area contributed by atoms with E-state index in [0.29, 0.717) is 37.7 Å². The fraction of sp³-hybridized carbons (Fsp3) is 0.318. The van der Waals surface area contributed by atoms with Gasteiger partial charge in [-0.2, -0.15) is 0 Å². The van der Waals surface area contributed by atoms with Gasteiger partial charge in [0.2, 0.25) is 11.9 Å². The predicted molar refractivity (Wildman–Crippen MR) is 111 cm³/mol. The lowest BCUT2D eigenvalue weighted by atomic mass is 10.1. The lowest BCUT2D eigenvalue weighted by Gasteiger charge is -2.35. The minimum Gasteiger partial charge on any atom is -0.339 e. The molecule has 0 atom stereocenters. The van der Waals surface area contributed by atoms with Gasteiger partial charge in [-0.15, -0.1) is 0 Å². The quantitative estimate of drug-likeness (QED) is 0.660. The molecule has 1 aliphatic heterocycles. The van der Waals surface area contributed by atoms with E-state index in [0.717, 1.165) is 12.1 Å². The Bertz CT molecular complexity index is 856. The molecule has 0 spiro atoms. The van der Waals surface area contributed by atoms with Crippen LogP contribution in [0.2, 0.25) is 0 Å². The Labute approximate surface area is 165 Å². The molecule has 0 unspecified atom stereocenters. The molecule has 0 aliphatic carbocycles. The van der Waals surface area contributed by atoms with Crippen LogP contribution >= 0.6 is 0 Å². The fourth-order valence-electron chi connectivity index (χ4n) is 3.14. The van der Waals surface area contributed by atoms with Gasteiger partial charge in [-0.05, 0) is 36.2 Å². The third-order valence-corrected chi connectivity index (χ3v) is 4.84. The Hall–Kier alpha value is -3.15. The molecule has 1 aliphatic rings. The first-order chi connectivity index (χ1) is 13.6. The number of hydrogen-bond acceptors (Lipinski definition) is 3. The lowest BCUT2D eigenvalue weighted by molar-refractivity contribution is -0.130. The third kappa shape index (κ3) is 4.97. The highest BCUT2D eigenvalue weighted by atomic mass is 16.2. The van der Waals surface area contributed by atoms with E-state index in [9.17, 15) is 9.59 Å². The largest absolute Gasteiger partial charge is 0.339 e. The van der Waals surface area contributed by atoms with Crippen LogP contribution in [-0.2, 0) is 11.2 Å². The summed E-state index contributed by atoms with van der Waals surface area (Å²) in [5, 5.41) is 2.97. The van der Waals surface area contributed by atoms with Gasteiger partial charge in [0, 0.05) is 38.7 Å². The Balaban J connectivity index is 1.84. The van der Waals surface area contributed by atoms with Crippen molar-refractivity contribution in [1.29, 1.82) is 0 Å². The third-order valence-electron chi connectivity index (χ3n) is 4.84. The van der Waals surface area contributed by atoms with Crippen LogP contribution in [0.5, 0.6) is 0 Å². The van der Waals surface area contributed by atoms with Crippen LogP contribution < -0.4 is 5.32 Å². The summed E-state index contributed by atoms with van der Waals surface area (Å²) in [6.45, 7) is 6.16. The molecular formula is C22H26N4O2. The molecule has 1 saturated heterocycles. The van der Waals surface area contributed by atoms with Crippen LogP contribution in [0.25, 0.3) is 0 Å². The van der Waals surface area contributed by atoms with Gasteiger partial charge in [0.05, 0.1) is 5.69 Å². The molecule has 2 amide bonds. The first-order valence-electron chi connectivity index (χ1n) is 9.61. The van der Waals surface area contributed by atoms with E-state index in [1.54, 1.807) is 19.1 Å². The molecule has 6 nitrogen and oxygen atoms in total. The molecule has 6 heteroatoms. The number of guanidine groups is 1. The Morgan fingerprint density at radius 2 is 1.64 bits per heavy atom. The van der Waals surface area contributed by atoms with Crippen molar-refractivity contribution in [3.63, 3.8) is 0 Å². The molecule has 2 aromatic carbocycles. The molecule has 146 valence electrons. The molecule has 0 aromatic heterocycles. The zero-order valence-electron chi connectivity index (χ0n) is 16.4. The van der Waals surface area contributed by atoms with E-state index < -0.39 is 0 Å². The second-order valence-electron chi connectivity index (χ2n) is 6.77. The number of carbonyl (C=O) groups excluding carboxylic acids is 2. The van der Waals surface area contributed by atoms with Crippen molar-refractivity contribution in [1.82, 2.24) is 15.1 Å². The fourth-order valence-corrected chi connectivity index (χ4v) is 3.14. The summed E-state index contributed by atoms with van der Waals surface area (Å²) in [4.78, 5) is 32.9.